The Kier molecular flexibility index (Phi) is 14.9. The minimum Gasteiger partial charge on any atom is -0.477 e. The third-order valence-corrected chi connectivity index (χ3v) is 11.2. The molecule has 6 N–H and O–H groups in total. The number of aryl methyl sites for hydroxylation is 2. The van der Waals surface area contributed by atoms with Crippen LogP contribution < -0.4 is 31.2 Å². The molecular formula is C52H42Br2N10O5. The van der Waals surface area contributed by atoms with Crippen molar-refractivity contribution in [1.29, 1.82) is 0 Å². The van der Waals surface area contributed by atoms with E-state index in [1.807, 2.05) is 169 Å². The van der Waals surface area contributed by atoms with Crippen LogP contribution in [-0.4, -0.2) is 46.1 Å². The van der Waals surface area contributed by atoms with E-state index in [0.29, 0.717) is 34.6 Å². The molecule has 10 aromatic rings. The third kappa shape index (κ3) is 12.5. The fourth-order valence-corrected chi connectivity index (χ4v) is 7.20. The number of nitrogens with zero attached hydrogens (tertiary/aromatic N) is 6. The standard InChI is InChI=1S/C26H20BrN5O2.C20H15BrN4O3.C6H7N/c1-32-24-12-11-20(15-22(24)31-26(32)30-19-9-7-17(27)8-10-19)34-21-13-14-28-23(16-21)25(33)29-18-5-3-2-4-6-18;1-25-18-7-6-14(28-15-8-9-22-17(11-15)19(26)27)10-16(18)24-20(25)23-13-4-2-12(21)3-5-13;7-6-4-2-1-3-5-6/h2-16H,1H3,(H,29,33)(H,30,31);2-11H,1H3,(H,23,24)(H,26,27);1-5H,7H2. The van der Waals surface area contributed by atoms with Gasteiger partial charge >= 0.3 is 5.97 Å². The number of ether oxygens (including phenoxy) is 2. The highest BCUT2D eigenvalue weighted by Gasteiger charge is 2.14. The molecule has 69 heavy (non-hydrogen) atoms. The van der Waals surface area contributed by atoms with Gasteiger partial charge in [0.2, 0.25) is 11.9 Å². The van der Waals surface area contributed by atoms with Gasteiger partial charge in [-0.15, -0.1) is 0 Å². The monoisotopic (exact) mass is 1040 g/mol. The molecule has 4 aromatic heterocycles. The maximum Gasteiger partial charge on any atom is 0.354 e. The number of amides is 1. The number of rotatable bonds is 11. The Morgan fingerprint density at radius 2 is 0.971 bits per heavy atom. The number of nitrogens with one attached hydrogen (secondary N) is 3. The molecule has 0 saturated carbocycles. The highest BCUT2D eigenvalue weighted by molar-refractivity contribution is 9.10. The van der Waals surface area contributed by atoms with Gasteiger partial charge in [-0.1, -0.05) is 68.3 Å². The van der Waals surface area contributed by atoms with Gasteiger partial charge in [-0.25, -0.2) is 19.7 Å². The zero-order chi connectivity index (χ0) is 48.3. The van der Waals surface area contributed by atoms with Crippen molar-refractivity contribution >= 4 is 100 Å². The summed E-state index contributed by atoms with van der Waals surface area (Å²) in [4.78, 5) is 40.9. The lowest BCUT2D eigenvalue weighted by molar-refractivity contribution is 0.0689. The van der Waals surface area contributed by atoms with Crippen molar-refractivity contribution in [3.63, 3.8) is 0 Å². The van der Waals surface area contributed by atoms with E-state index < -0.39 is 5.97 Å². The second-order valence-corrected chi connectivity index (χ2v) is 16.9. The maximum absolute atomic E-state index is 12.6. The van der Waals surface area contributed by atoms with E-state index in [4.69, 9.17) is 25.3 Å². The summed E-state index contributed by atoms with van der Waals surface area (Å²) in [6.45, 7) is 0. The van der Waals surface area contributed by atoms with Crippen molar-refractivity contribution in [2.75, 3.05) is 21.7 Å². The number of aromatic nitrogens is 6. The van der Waals surface area contributed by atoms with Crippen molar-refractivity contribution in [3.8, 4) is 23.0 Å². The second kappa shape index (κ2) is 21.8. The average Bonchev–Trinajstić information content (AvgIpc) is 3.84. The number of carbonyl (C=O) groups excluding carboxylic acids is 1. The van der Waals surface area contributed by atoms with Gasteiger partial charge in [0.05, 0.1) is 22.1 Å². The van der Waals surface area contributed by atoms with Gasteiger partial charge in [0.15, 0.2) is 5.69 Å². The Labute approximate surface area is 412 Å². The fraction of sp³-hybridized carbons (Fsp3) is 0.0385. The van der Waals surface area contributed by atoms with E-state index in [9.17, 15) is 9.59 Å². The largest absolute Gasteiger partial charge is 0.477 e. The van der Waals surface area contributed by atoms with Gasteiger partial charge in [0.1, 0.15) is 28.7 Å². The molecule has 0 spiro atoms. The molecule has 0 atom stereocenters. The SMILES string of the molecule is Cn1c(Nc2ccc(Br)cc2)nc2cc(Oc3ccnc(C(=O)Nc4ccccc4)c3)ccc21.Cn1c(Nc2ccc(Br)cc2)nc2cc(Oc3ccnc(C(=O)O)c3)ccc21.Nc1ccccc1. The number of carboxylic acid groups (broad SMARTS) is 1. The summed E-state index contributed by atoms with van der Waals surface area (Å²) in [6, 6.07) is 52.0. The molecule has 0 radical (unpaired) electrons. The summed E-state index contributed by atoms with van der Waals surface area (Å²) < 4.78 is 17.8. The summed E-state index contributed by atoms with van der Waals surface area (Å²) in [5, 5.41) is 18.5. The number of halogens is 2. The van der Waals surface area contributed by atoms with E-state index in [0.717, 1.165) is 54.0 Å². The molecule has 15 nitrogen and oxygen atoms in total. The molecule has 0 bridgehead atoms. The Balaban J connectivity index is 0.000000165. The molecule has 17 heteroatoms. The number of fused-ring (bicyclic) bond motifs is 2. The second-order valence-electron chi connectivity index (χ2n) is 15.0. The molecule has 6 aromatic carbocycles. The number of anilines is 6. The van der Waals surface area contributed by atoms with Crippen LogP contribution in [0.15, 0.2) is 191 Å². The number of hydrogen-bond donors (Lipinski definition) is 5. The number of para-hydroxylation sites is 2. The first-order valence-electron chi connectivity index (χ1n) is 21.1. The first-order chi connectivity index (χ1) is 33.4. The van der Waals surface area contributed by atoms with Crippen LogP contribution in [0.3, 0.4) is 0 Å². The number of benzene rings is 6. The molecule has 4 heterocycles. The molecule has 0 unspecified atom stereocenters. The fourth-order valence-electron chi connectivity index (χ4n) is 6.67. The average molecular weight is 1050 g/mol. The Bertz CT molecular complexity index is 3370. The molecular weight excluding hydrogens is 1000 g/mol. The van der Waals surface area contributed by atoms with E-state index in [-0.39, 0.29) is 17.3 Å². The van der Waals surface area contributed by atoms with Crippen LogP contribution in [0.5, 0.6) is 23.0 Å². The summed E-state index contributed by atoms with van der Waals surface area (Å²) in [5.74, 6) is 2.09. The van der Waals surface area contributed by atoms with Gasteiger partial charge in [-0.2, -0.15) is 0 Å². The molecule has 0 fully saturated rings. The van der Waals surface area contributed by atoms with Crippen LogP contribution >= 0.6 is 31.9 Å². The van der Waals surface area contributed by atoms with Gasteiger partial charge in [0.25, 0.3) is 5.91 Å². The van der Waals surface area contributed by atoms with E-state index in [2.05, 4.69) is 62.8 Å². The van der Waals surface area contributed by atoms with Crippen LogP contribution in [0.25, 0.3) is 22.1 Å². The lowest BCUT2D eigenvalue weighted by Crippen LogP contribution is -2.13. The van der Waals surface area contributed by atoms with E-state index >= 15 is 0 Å². The van der Waals surface area contributed by atoms with Crippen LogP contribution in [-0.2, 0) is 14.1 Å². The normalized spacial score (nSPS) is 10.6. The third-order valence-electron chi connectivity index (χ3n) is 10.1. The predicted octanol–water partition coefficient (Wildman–Crippen LogP) is 12.8. The Morgan fingerprint density at radius 1 is 0.536 bits per heavy atom. The smallest absolute Gasteiger partial charge is 0.354 e. The molecule has 0 saturated heterocycles. The van der Waals surface area contributed by atoms with Crippen LogP contribution in [0.4, 0.5) is 34.6 Å². The lowest BCUT2D eigenvalue weighted by Gasteiger charge is -2.08. The van der Waals surface area contributed by atoms with Gasteiger partial charge < -0.3 is 45.4 Å². The number of aromatic carboxylic acids is 1. The van der Waals surface area contributed by atoms with Crippen LogP contribution in [0.2, 0.25) is 0 Å². The van der Waals surface area contributed by atoms with E-state index in [1.54, 1.807) is 24.4 Å². The summed E-state index contributed by atoms with van der Waals surface area (Å²) in [5.41, 5.74) is 12.4. The first-order valence-corrected chi connectivity index (χ1v) is 22.7. The van der Waals surface area contributed by atoms with Crippen molar-refractivity contribution in [2.45, 2.75) is 0 Å². The summed E-state index contributed by atoms with van der Waals surface area (Å²) in [7, 11) is 3.89. The minimum absolute atomic E-state index is 0.0719. The number of pyridine rings is 2. The van der Waals surface area contributed by atoms with Crippen LogP contribution in [0.1, 0.15) is 21.0 Å². The summed E-state index contributed by atoms with van der Waals surface area (Å²) >= 11 is 6.87. The highest BCUT2D eigenvalue weighted by atomic mass is 79.9. The lowest BCUT2D eigenvalue weighted by atomic mass is 10.2. The molecule has 0 aliphatic rings. The first kappa shape index (κ1) is 47.0. The zero-order valence-corrected chi connectivity index (χ0v) is 40.1. The molecule has 0 aliphatic carbocycles. The number of nitrogen functional groups attached to an aromatic ring is 1. The van der Waals surface area contributed by atoms with Crippen molar-refractivity contribution < 1.29 is 24.2 Å². The van der Waals surface area contributed by atoms with Gasteiger partial charge in [0, 0.05) is 82.4 Å². The molecule has 0 aliphatic heterocycles. The van der Waals surface area contributed by atoms with Crippen LogP contribution in [0, 0.1) is 0 Å². The number of carboxylic acids is 1. The highest BCUT2D eigenvalue weighted by Crippen LogP contribution is 2.31. The van der Waals surface area contributed by atoms with Crippen molar-refractivity contribution in [3.05, 3.63) is 203 Å². The minimum atomic E-state index is -1.10. The molecule has 1 amide bonds. The summed E-state index contributed by atoms with van der Waals surface area (Å²) in [6.07, 6.45) is 2.95. The van der Waals surface area contributed by atoms with Crippen molar-refractivity contribution in [1.82, 2.24) is 29.1 Å². The van der Waals surface area contributed by atoms with Gasteiger partial charge in [-0.05, 0) is 109 Å². The molecule has 10 rings (SSSR count). The topological polar surface area (TPSA) is 196 Å². The van der Waals surface area contributed by atoms with Gasteiger partial charge in [-0.3, -0.25) is 9.78 Å². The zero-order valence-electron chi connectivity index (χ0n) is 36.9. The number of nitrogens with two attached hydrogens (primary N) is 1. The maximum atomic E-state index is 12.6. The number of imidazole rings is 2. The molecule has 344 valence electrons. The van der Waals surface area contributed by atoms with E-state index in [1.165, 1.54) is 12.3 Å². The Morgan fingerprint density at radius 3 is 1.42 bits per heavy atom. The number of carbonyl (C=O) groups is 2. The Hall–Kier alpha value is -8.54. The predicted molar refractivity (Wildman–Crippen MR) is 277 cm³/mol. The van der Waals surface area contributed by atoms with Crippen molar-refractivity contribution in [2.24, 2.45) is 14.1 Å². The number of hydrogen-bond acceptors (Lipinski definition) is 11. The quantitative estimate of drug-likeness (QED) is 0.0770.